The van der Waals surface area contributed by atoms with Crippen molar-refractivity contribution in [3.05, 3.63) is 11.7 Å². The number of nitrogens with one attached hydrogen (secondary N) is 1. The number of carbonyl (C=O) groups excluding carboxylic acids is 1. The van der Waals surface area contributed by atoms with Crippen LogP contribution >= 0.6 is 0 Å². The molecule has 0 unspecified atom stereocenters. The van der Waals surface area contributed by atoms with Gasteiger partial charge in [0.1, 0.15) is 5.60 Å². The monoisotopic (exact) mass is 418 g/mol. The highest BCUT2D eigenvalue weighted by Gasteiger charge is 2.51. The largest absolute Gasteiger partial charge is 0.444 e. The lowest BCUT2D eigenvalue weighted by molar-refractivity contribution is -0.0533. The van der Waals surface area contributed by atoms with Crippen LogP contribution in [0.5, 0.6) is 0 Å². The standard InChI is InChI=1S/C23H38N4O3/c1-22(2,3)29-21(28)25-7-5-4-6-18(24)20-26-19(27-30-20)14-23-11-15-8-16(12-23)10-17(9-15)13-23/h15-18H,4-14,24H2,1-3H3,(H,25,28)/t15?,16?,17?,18-,23?/m0/s1. The van der Waals surface area contributed by atoms with Crippen molar-refractivity contribution in [1.29, 1.82) is 0 Å². The van der Waals surface area contributed by atoms with Crippen molar-refractivity contribution in [1.82, 2.24) is 15.5 Å². The van der Waals surface area contributed by atoms with Crippen molar-refractivity contribution in [2.24, 2.45) is 28.9 Å². The van der Waals surface area contributed by atoms with Gasteiger partial charge in [-0.25, -0.2) is 4.79 Å². The number of ether oxygens (including phenoxy) is 1. The van der Waals surface area contributed by atoms with E-state index in [1.54, 1.807) is 0 Å². The second-order valence-corrected chi connectivity index (χ2v) is 11.2. The summed E-state index contributed by atoms with van der Waals surface area (Å²) < 4.78 is 10.7. The molecule has 0 aliphatic heterocycles. The zero-order chi connectivity index (χ0) is 21.4. The van der Waals surface area contributed by atoms with Crippen LogP contribution in [0.1, 0.15) is 96.3 Å². The number of amides is 1. The summed E-state index contributed by atoms with van der Waals surface area (Å²) in [6.45, 7) is 6.14. The Balaban J connectivity index is 1.19. The molecule has 1 heterocycles. The van der Waals surface area contributed by atoms with Gasteiger partial charge in [-0.1, -0.05) is 5.16 Å². The summed E-state index contributed by atoms with van der Waals surface area (Å²) in [6.07, 6.45) is 11.4. The van der Waals surface area contributed by atoms with Crippen LogP contribution < -0.4 is 11.1 Å². The maximum absolute atomic E-state index is 11.7. The average Bonchev–Trinajstić information content (AvgIpc) is 3.06. The summed E-state index contributed by atoms with van der Waals surface area (Å²) >= 11 is 0. The number of rotatable bonds is 8. The van der Waals surface area contributed by atoms with Gasteiger partial charge in [0.2, 0.25) is 5.89 Å². The summed E-state index contributed by atoms with van der Waals surface area (Å²) in [5.74, 6) is 4.18. The number of alkyl carbamates (subject to hydrolysis) is 1. The van der Waals surface area contributed by atoms with E-state index in [9.17, 15) is 4.79 Å². The number of unbranched alkanes of at least 4 members (excludes halogenated alkanes) is 1. The van der Waals surface area contributed by atoms with Crippen molar-refractivity contribution in [2.45, 2.75) is 96.6 Å². The first kappa shape index (κ1) is 21.6. The first-order valence-corrected chi connectivity index (χ1v) is 11.7. The van der Waals surface area contributed by atoms with Crippen molar-refractivity contribution >= 4 is 6.09 Å². The molecule has 1 amide bonds. The summed E-state index contributed by atoms with van der Waals surface area (Å²) in [4.78, 5) is 16.3. The molecule has 4 aliphatic carbocycles. The minimum Gasteiger partial charge on any atom is -0.444 e. The van der Waals surface area contributed by atoms with Gasteiger partial charge in [-0.2, -0.15) is 4.98 Å². The minimum atomic E-state index is -0.474. The molecular formula is C23H38N4O3. The van der Waals surface area contributed by atoms with E-state index in [0.717, 1.165) is 49.3 Å². The Morgan fingerprint density at radius 3 is 2.43 bits per heavy atom. The molecule has 3 N–H and O–H groups in total. The third-order valence-electron chi connectivity index (χ3n) is 7.11. The third kappa shape index (κ3) is 5.34. The molecule has 0 aromatic carbocycles. The summed E-state index contributed by atoms with van der Waals surface area (Å²) in [6, 6.07) is -0.246. The topological polar surface area (TPSA) is 103 Å². The molecule has 1 aromatic rings. The van der Waals surface area contributed by atoms with Crippen molar-refractivity contribution in [2.75, 3.05) is 6.54 Å². The third-order valence-corrected chi connectivity index (χ3v) is 7.11. The quantitative estimate of drug-likeness (QED) is 0.602. The highest BCUT2D eigenvalue weighted by atomic mass is 16.6. The van der Waals surface area contributed by atoms with Crippen LogP contribution in [-0.4, -0.2) is 28.4 Å². The smallest absolute Gasteiger partial charge is 0.407 e. The second kappa shape index (κ2) is 8.48. The van der Waals surface area contributed by atoms with Crippen LogP contribution in [0.3, 0.4) is 0 Å². The predicted octanol–water partition coefficient (Wildman–Crippen LogP) is 4.52. The van der Waals surface area contributed by atoms with E-state index in [2.05, 4.69) is 15.5 Å². The Kier molecular flexibility index (Phi) is 6.11. The van der Waals surface area contributed by atoms with E-state index >= 15 is 0 Å². The molecule has 4 saturated carbocycles. The summed E-state index contributed by atoms with van der Waals surface area (Å²) in [5, 5.41) is 7.05. The summed E-state index contributed by atoms with van der Waals surface area (Å²) in [5.41, 5.74) is 6.22. The molecule has 0 spiro atoms. The van der Waals surface area contributed by atoms with Gasteiger partial charge in [0.05, 0.1) is 6.04 Å². The van der Waals surface area contributed by atoms with Crippen LogP contribution in [-0.2, 0) is 11.2 Å². The molecule has 7 nitrogen and oxygen atoms in total. The fourth-order valence-electron chi connectivity index (χ4n) is 6.45. The highest BCUT2D eigenvalue weighted by Crippen LogP contribution is 2.60. The molecule has 0 radical (unpaired) electrons. The van der Waals surface area contributed by atoms with Gasteiger partial charge in [0, 0.05) is 13.0 Å². The number of nitrogens with two attached hydrogens (primary N) is 1. The lowest BCUT2D eigenvalue weighted by Crippen LogP contribution is -2.47. The Morgan fingerprint density at radius 2 is 1.83 bits per heavy atom. The lowest BCUT2D eigenvalue weighted by Gasteiger charge is -2.56. The molecule has 7 heteroatoms. The molecule has 1 aromatic heterocycles. The SMILES string of the molecule is CC(C)(C)OC(=O)NCCCC[C@H](N)c1nc(CC23CC4CC(CC(C4)C2)C3)no1. The molecular weight excluding hydrogens is 380 g/mol. The van der Waals surface area contributed by atoms with E-state index < -0.39 is 5.60 Å². The summed E-state index contributed by atoms with van der Waals surface area (Å²) in [7, 11) is 0. The van der Waals surface area contributed by atoms with Gasteiger partial charge in [-0.15, -0.1) is 0 Å². The molecule has 1 atom stereocenters. The van der Waals surface area contributed by atoms with E-state index in [4.69, 9.17) is 15.0 Å². The number of nitrogens with zero attached hydrogens (tertiary/aromatic N) is 2. The first-order valence-electron chi connectivity index (χ1n) is 11.7. The molecule has 30 heavy (non-hydrogen) atoms. The highest BCUT2D eigenvalue weighted by molar-refractivity contribution is 5.67. The van der Waals surface area contributed by atoms with Gasteiger partial charge in [0.15, 0.2) is 5.82 Å². The van der Waals surface area contributed by atoms with Crippen LogP contribution in [0.15, 0.2) is 4.52 Å². The number of hydrogen-bond donors (Lipinski definition) is 2. The number of aromatic nitrogens is 2. The maximum Gasteiger partial charge on any atom is 0.407 e. The van der Waals surface area contributed by atoms with Crippen LogP contribution in [0, 0.1) is 23.2 Å². The Bertz CT molecular complexity index is 704. The van der Waals surface area contributed by atoms with Crippen LogP contribution in [0.2, 0.25) is 0 Å². The van der Waals surface area contributed by atoms with E-state index in [1.807, 2.05) is 20.8 Å². The van der Waals surface area contributed by atoms with E-state index in [0.29, 0.717) is 17.9 Å². The van der Waals surface area contributed by atoms with Crippen LogP contribution in [0.25, 0.3) is 0 Å². The van der Waals surface area contributed by atoms with Gasteiger partial charge >= 0.3 is 6.09 Å². The minimum absolute atomic E-state index is 0.246. The van der Waals surface area contributed by atoms with Gasteiger partial charge in [-0.05, 0) is 102 Å². The van der Waals surface area contributed by atoms with E-state index in [1.165, 1.54) is 38.5 Å². The Labute approximate surface area is 179 Å². The number of hydrogen-bond acceptors (Lipinski definition) is 6. The Morgan fingerprint density at radius 1 is 1.20 bits per heavy atom. The van der Waals surface area contributed by atoms with E-state index in [-0.39, 0.29) is 12.1 Å². The lowest BCUT2D eigenvalue weighted by atomic mass is 9.49. The zero-order valence-corrected chi connectivity index (χ0v) is 18.8. The fourth-order valence-corrected chi connectivity index (χ4v) is 6.45. The zero-order valence-electron chi connectivity index (χ0n) is 18.8. The number of carbonyl (C=O) groups is 1. The normalized spacial score (nSPS) is 31.0. The first-order chi connectivity index (χ1) is 14.2. The van der Waals surface area contributed by atoms with Crippen molar-refractivity contribution in [3.8, 4) is 0 Å². The molecule has 168 valence electrons. The van der Waals surface area contributed by atoms with Crippen molar-refractivity contribution < 1.29 is 14.1 Å². The average molecular weight is 419 g/mol. The van der Waals surface area contributed by atoms with Gasteiger partial charge in [-0.3, -0.25) is 0 Å². The molecule has 4 aliphatic rings. The maximum atomic E-state index is 11.7. The Hall–Kier alpha value is -1.63. The van der Waals surface area contributed by atoms with Crippen LogP contribution in [0.4, 0.5) is 4.79 Å². The van der Waals surface area contributed by atoms with Gasteiger partial charge < -0.3 is 20.3 Å². The van der Waals surface area contributed by atoms with Gasteiger partial charge in [0.25, 0.3) is 0 Å². The molecule has 4 bridgehead atoms. The van der Waals surface area contributed by atoms with Crippen molar-refractivity contribution in [3.63, 3.8) is 0 Å². The molecule has 0 saturated heterocycles. The predicted molar refractivity (Wildman–Crippen MR) is 114 cm³/mol. The fraction of sp³-hybridized carbons (Fsp3) is 0.870. The molecule has 5 rings (SSSR count). The molecule has 4 fully saturated rings. The second-order valence-electron chi connectivity index (χ2n) is 11.2.